The van der Waals surface area contributed by atoms with Crippen LogP contribution in [0.5, 0.6) is 0 Å². The summed E-state index contributed by atoms with van der Waals surface area (Å²) in [6, 6.07) is 10.3. The van der Waals surface area contributed by atoms with Crippen LogP contribution in [-0.2, 0) is 0 Å². The van der Waals surface area contributed by atoms with E-state index < -0.39 is 44.5 Å². The van der Waals surface area contributed by atoms with Crippen molar-refractivity contribution in [3.05, 3.63) is 131 Å². The van der Waals surface area contributed by atoms with Gasteiger partial charge in [-0.15, -0.1) is 0 Å². The van der Waals surface area contributed by atoms with Crippen LogP contribution in [0.15, 0.2) is 86.9 Å². The van der Waals surface area contributed by atoms with Crippen LogP contribution in [-0.4, -0.2) is 19.1 Å². The van der Waals surface area contributed by atoms with Crippen molar-refractivity contribution in [2.24, 2.45) is 0 Å². The van der Waals surface area contributed by atoms with E-state index in [1.807, 2.05) is 0 Å². The van der Waals surface area contributed by atoms with Gasteiger partial charge in [0.05, 0.1) is 54.5 Å². The third-order valence-electron chi connectivity index (χ3n) is 6.85. The predicted molar refractivity (Wildman–Crippen MR) is 139 cm³/mol. The van der Waals surface area contributed by atoms with E-state index in [2.05, 4.69) is 9.97 Å². The monoisotopic (exact) mass is 506 g/mol. The lowest BCUT2D eigenvalue weighted by atomic mass is 10.1. The molecule has 4 aromatic heterocycles. The number of aromatic amines is 2. The van der Waals surface area contributed by atoms with Crippen molar-refractivity contribution in [1.29, 1.82) is 0 Å². The predicted octanol–water partition coefficient (Wildman–Crippen LogP) is -0.830. The minimum atomic E-state index is -0.703. The van der Waals surface area contributed by atoms with E-state index in [1.165, 1.54) is 48.5 Å². The van der Waals surface area contributed by atoms with Gasteiger partial charge in [0.1, 0.15) is 0 Å². The summed E-state index contributed by atoms with van der Waals surface area (Å²) in [6.07, 6.45) is 0. The highest BCUT2D eigenvalue weighted by atomic mass is 16.2. The van der Waals surface area contributed by atoms with Crippen molar-refractivity contribution >= 4 is 43.1 Å². The maximum Gasteiger partial charge on any atom is 0.266 e. The SMILES string of the molecule is O=c1[nH]c(=O)c2cc3c(=O)n(-c4ccc(-n5c(=O)c6cc7c(=O)[nH]c(=O)c7cc6c5=O)cc4)c(=O)c3cc12. The molecule has 0 fully saturated rings. The lowest BCUT2D eigenvalue weighted by molar-refractivity contribution is 0.968. The number of hydrogen-bond acceptors (Lipinski definition) is 8. The molecule has 7 aromatic rings. The van der Waals surface area contributed by atoms with Crippen molar-refractivity contribution in [1.82, 2.24) is 19.1 Å². The van der Waals surface area contributed by atoms with E-state index in [0.717, 1.165) is 9.13 Å². The zero-order chi connectivity index (χ0) is 26.6. The molecule has 2 N–H and O–H groups in total. The van der Waals surface area contributed by atoms with E-state index in [0.29, 0.717) is 0 Å². The van der Waals surface area contributed by atoms with Crippen LogP contribution >= 0.6 is 0 Å². The number of H-pyrrole nitrogens is 2. The van der Waals surface area contributed by atoms with Gasteiger partial charge in [0.2, 0.25) is 0 Å². The van der Waals surface area contributed by atoms with E-state index in [4.69, 9.17) is 0 Å². The molecule has 0 atom stereocenters. The van der Waals surface area contributed by atoms with Gasteiger partial charge in [-0.1, -0.05) is 0 Å². The van der Waals surface area contributed by atoms with Crippen LogP contribution in [0.25, 0.3) is 54.5 Å². The van der Waals surface area contributed by atoms with E-state index in [9.17, 15) is 38.4 Å². The molecule has 0 aliphatic heterocycles. The largest absolute Gasteiger partial charge is 0.288 e. The first kappa shape index (κ1) is 21.5. The van der Waals surface area contributed by atoms with E-state index in [1.54, 1.807) is 0 Å². The Kier molecular flexibility index (Phi) is 3.91. The number of hydrogen-bond donors (Lipinski definition) is 2. The summed E-state index contributed by atoms with van der Waals surface area (Å²) in [4.78, 5) is 104. The van der Waals surface area contributed by atoms with E-state index >= 15 is 0 Å². The molecule has 0 unspecified atom stereocenters. The lowest BCUT2D eigenvalue weighted by Gasteiger charge is -2.04. The fraction of sp³-hybridized carbons (Fsp3) is 0. The molecule has 0 amide bonds. The van der Waals surface area contributed by atoms with Crippen LogP contribution < -0.4 is 44.5 Å². The van der Waals surface area contributed by atoms with Gasteiger partial charge in [-0.25, -0.2) is 9.13 Å². The highest BCUT2D eigenvalue weighted by Crippen LogP contribution is 2.18. The zero-order valence-electron chi connectivity index (χ0n) is 18.8. The fourth-order valence-corrected chi connectivity index (χ4v) is 5.02. The molecule has 12 heteroatoms. The molecule has 182 valence electrons. The fourth-order valence-electron chi connectivity index (χ4n) is 5.02. The number of rotatable bonds is 2. The molecule has 3 aromatic carbocycles. The molecular weight excluding hydrogens is 496 g/mol. The second-order valence-electron chi connectivity index (χ2n) is 8.86. The summed E-state index contributed by atoms with van der Waals surface area (Å²) in [6.45, 7) is 0. The van der Waals surface area contributed by atoms with Crippen molar-refractivity contribution in [3.63, 3.8) is 0 Å². The zero-order valence-corrected chi connectivity index (χ0v) is 18.8. The molecule has 0 radical (unpaired) electrons. The van der Waals surface area contributed by atoms with Crippen LogP contribution in [0.4, 0.5) is 0 Å². The van der Waals surface area contributed by atoms with Crippen molar-refractivity contribution in [2.75, 3.05) is 0 Å². The van der Waals surface area contributed by atoms with Crippen LogP contribution in [0.3, 0.4) is 0 Å². The Morgan fingerprint density at radius 2 is 0.605 bits per heavy atom. The molecule has 0 aliphatic carbocycles. The first-order valence-electron chi connectivity index (χ1n) is 11.1. The Bertz CT molecular complexity index is 2280. The molecule has 7 rings (SSSR count). The number of nitrogens with zero attached hydrogens (tertiary/aromatic N) is 2. The van der Waals surface area contributed by atoms with Gasteiger partial charge in [-0.05, 0) is 48.5 Å². The lowest BCUT2D eigenvalue weighted by Crippen LogP contribution is -2.25. The summed E-state index contributed by atoms with van der Waals surface area (Å²) in [7, 11) is 0. The topological polar surface area (TPSA) is 178 Å². The van der Waals surface area contributed by atoms with Crippen molar-refractivity contribution in [2.45, 2.75) is 0 Å². The molecule has 12 nitrogen and oxygen atoms in total. The second-order valence-corrected chi connectivity index (χ2v) is 8.86. The number of benzene rings is 3. The average Bonchev–Trinajstić information content (AvgIpc) is 3.52. The quantitative estimate of drug-likeness (QED) is 0.305. The van der Waals surface area contributed by atoms with Gasteiger partial charge in [-0.2, -0.15) is 0 Å². The average molecular weight is 506 g/mol. The number of fused-ring (bicyclic) bond motifs is 4. The summed E-state index contributed by atoms with van der Waals surface area (Å²) >= 11 is 0. The highest BCUT2D eigenvalue weighted by Gasteiger charge is 2.20. The van der Waals surface area contributed by atoms with Gasteiger partial charge >= 0.3 is 0 Å². The normalized spacial score (nSPS) is 12.0. The number of nitrogens with one attached hydrogen (secondary N) is 2. The molecule has 38 heavy (non-hydrogen) atoms. The Hall–Kier alpha value is -5.78. The molecule has 0 aliphatic rings. The van der Waals surface area contributed by atoms with Gasteiger partial charge in [0.15, 0.2) is 0 Å². The van der Waals surface area contributed by atoms with Gasteiger partial charge in [0.25, 0.3) is 44.5 Å². The highest BCUT2D eigenvalue weighted by molar-refractivity contribution is 5.99. The maximum absolute atomic E-state index is 13.1. The van der Waals surface area contributed by atoms with Gasteiger partial charge in [-0.3, -0.25) is 48.3 Å². The summed E-state index contributed by atoms with van der Waals surface area (Å²) in [5.41, 5.74) is -5.19. The van der Waals surface area contributed by atoms with Gasteiger partial charge in [0, 0.05) is 0 Å². The minimum absolute atomic E-state index is 0.00267. The smallest absolute Gasteiger partial charge is 0.266 e. The Labute approximate surface area is 205 Å². The Morgan fingerprint density at radius 3 is 0.842 bits per heavy atom. The summed E-state index contributed by atoms with van der Waals surface area (Å²) in [5.74, 6) is 0. The second kappa shape index (κ2) is 6.91. The standard InChI is InChI=1S/C26H10N4O8/c31-19-11-5-15-16(6-12(11)20(32)27-19)24(36)29(23(15)35)9-1-2-10(4-3-9)30-25(37)17-7-13-14(8-18(17)26(30)38)22(34)28-21(13)33/h1-8H,(H,27,31,32)(H,28,33,34). The first-order valence-corrected chi connectivity index (χ1v) is 11.1. The van der Waals surface area contributed by atoms with Crippen LogP contribution in [0.1, 0.15) is 0 Å². The third kappa shape index (κ3) is 2.57. The van der Waals surface area contributed by atoms with Crippen molar-refractivity contribution < 1.29 is 0 Å². The van der Waals surface area contributed by atoms with Crippen LogP contribution in [0, 0.1) is 0 Å². The Balaban J connectivity index is 1.41. The van der Waals surface area contributed by atoms with E-state index in [-0.39, 0.29) is 54.5 Å². The van der Waals surface area contributed by atoms with Gasteiger partial charge < -0.3 is 0 Å². The molecule has 0 saturated carbocycles. The molecule has 0 bridgehead atoms. The van der Waals surface area contributed by atoms with Crippen LogP contribution in [0.2, 0.25) is 0 Å². The molecule has 0 saturated heterocycles. The van der Waals surface area contributed by atoms with Crippen molar-refractivity contribution in [3.8, 4) is 11.4 Å². The molecular formula is C26H10N4O8. The molecule has 0 spiro atoms. The maximum atomic E-state index is 13.1. The third-order valence-corrected chi connectivity index (χ3v) is 6.85. The summed E-state index contributed by atoms with van der Waals surface area (Å²) in [5, 5.41) is -0.120. The summed E-state index contributed by atoms with van der Waals surface area (Å²) < 4.78 is 1.73. The minimum Gasteiger partial charge on any atom is -0.288 e. The molecule has 4 heterocycles. The first-order chi connectivity index (χ1) is 18.2. The Morgan fingerprint density at radius 1 is 0.368 bits per heavy atom. The number of aromatic nitrogens is 4.